The smallest absolute Gasteiger partial charge is 0.247 e. The van der Waals surface area contributed by atoms with Gasteiger partial charge in [-0.15, -0.1) is 10.2 Å². The van der Waals surface area contributed by atoms with Crippen LogP contribution in [0.25, 0.3) is 11.5 Å². The maximum absolute atomic E-state index is 13.3. The molecule has 0 amide bonds. The molecule has 0 aliphatic carbocycles. The third-order valence-electron chi connectivity index (χ3n) is 2.29. The second-order valence-electron chi connectivity index (χ2n) is 4.17. The highest BCUT2D eigenvalue weighted by Gasteiger charge is 2.10. The van der Waals surface area contributed by atoms with Crippen molar-refractivity contribution in [3.05, 3.63) is 34.9 Å². The van der Waals surface area contributed by atoms with Crippen LogP contribution in [0, 0.1) is 5.82 Å². The van der Waals surface area contributed by atoms with E-state index < -0.39 is 5.82 Å². The number of nitrogens with zero attached hydrogens (tertiary/aromatic N) is 2. The molecule has 0 spiro atoms. The molecule has 0 unspecified atom stereocenters. The van der Waals surface area contributed by atoms with Crippen molar-refractivity contribution < 1.29 is 8.81 Å². The average molecular weight is 270 g/mol. The number of benzene rings is 1. The Balaban J connectivity index is 2.16. The SMILES string of the molecule is CC(C)NCc1nnc(-c2ccc(Cl)c(F)c2)o1. The highest BCUT2D eigenvalue weighted by atomic mass is 35.5. The van der Waals surface area contributed by atoms with Gasteiger partial charge in [0.2, 0.25) is 11.8 Å². The average Bonchev–Trinajstić information content (AvgIpc) is 2.79. The lowest BCUT2D eigenvalue weighted by Gasteiger charge is -2.03. The Morgan fingerprint density at radius 1 is 1.39 bits per heavy atom. The van der Waals surface area contributed by atoms with Gasteiger partial charge in [-0.3, -0.25) is 0 Å². The molecule has 1 heterocycles. The van der Waals surface area contributed by atoms with Crippen molar-refractivity contribution in [1.29, 1.82) is 0 Å². The van der Waals surface area contributed by atoms with Gasteiger partial charge in [-0.25, -0.2) is 4.39 Å². The molecule has 0 saturated carbocycles. The van der Waals surface area contributed by atoms with Crippen LogP contribution in [-0.4, -0.2) is 16.2 Å². The van der Waals surface area contributed by atoms with E-state index in [-0.39, 0.29) is 10.9 Å². The summed E-state index contributed by atoms with van der Waals surface area (Å²) in [5.41, 5.74) is 0.514. The molecule has 96 valence electrons. The Hall–Kier alpha value is -1.46. The lowest BCUT2D eigenvalue weighted by molar-refractivity contribution is 0.458. The maximum atomic E-state index is 13.3. The highest BCUT2D eigenvalue weighted by Crippen LogP contribution is 2.23. The minimum Gasteiger partial charge on any atom is -0.419 e. The summed E-state index contributed by atoms with van der Waals surface area (Å²) in [6.07, 6.45) is 0. The van der Waals surface area contributed by atoms with Crippen LogP contribution in [0.15, 0.2) is 22.6 Å². The van der Waals surface area contributed by atoms with Crippen LogP contribution in [0.2, 0.25) is 5.02 Å². The van der Waals surface area contributed by atoms with E-state index in [2.05, 4.69) is 15.5 Å². The summed E-state index contributed by atoms with van der Waals surface area (Å²) in [4.78, 5) is 0. The predicted octanol–water partition coefficient (Wildman–Crippen LogP) is 3.03. The first-order chi connectivity index (χ1) is 8.56. The van der Waals surface area contributed by atoms with E-state index in [9.17, 15) is 4.39 Å². The van der Waals surface area contributed by atoms with Gasteiger partial charge in [0.1, 0.15) is 5.82 Å². The van der Waals surface area contributed by atoms with Gasteiger partial charge < -0.3 is 9.73 Å². The van der Waals surface area contributed by atoms with Crippen LogP contribution >= 0.6 is 11.6 Å². The molecule has 4 nitrogen and oxygen atoms in total. The molecule has 6 heteroatoms. The molecule has 0 saturated heterocycles. The number of hydrogen-bond donors (Lipinski definition) is 1. The highest BCUT2D eigenvalue weighted by molar-refractivity contribution is 6.30. The molecular formula is C12H13ClFN3O. The quantitative estimate of drug-likeness (QED) is 0.927. The fourth-order valence-electron chi connectivity index (χ4n) is 1.36. The van der Waals surface area contributed by atoms with Crippen molar-refractivity contribution in [2.45, 2.75) is 26.4 Å². The first-order valence-corrected chi connectivity index (χ1v) is 5.95. The van der Waals surface area contributed by atoms with Gasteiger partial charge in [0.15, 0.2) is 0 Å². The van der Waals surface area contributed by atoms with E-state index >= 15 is 0 Å². The topological polar surface area (TPSA) is 51.0 Å². The van der Waals surface area contributed by atoms with Crippen LogP contribution in [-0.2, 0) is 6.54 Å². The van der Waals surface area contributed by atoms with Crippen molar-refractivity contribution in [1.82, 2.24) is 15.5 Å². The molecule has 1 aromatic carbocycles. The molecule has 2 rings (SSSR count). The van der Waals surface area contributed by atoms with Gasteiger partial charge in [-0.2, -0.15) is 0 Å². The first-order valence-electron chi connectivity index (χ1n) is 5.57. The summed E-state index contributed by atoms with van der Waals surface area (Å²) < 4.78 is 18.7. The van der Waals surface area contributed by atoms with E-state index in [4.69, 9.17) is 16.0 Å². The van der Waals surface area contributed by atoms with Gasteiger partial charge in [-0.05, 0) is 18.2 Å². The lowest BCUT2D eigenvalue weighted by Crippen LogP contribution is -2.21. The summed E-state index contributed by atoms with van der Waals surface area (Å²) in [6.45, 7) is 4.53. The molecule has 0 bridgehead atoms. The third kappa shape index (κ3) is 3.05. The zero-order chi connectivity index (χ0) is 13.1. The fourth-order valence-corrected chi connectivity index (χ4v) is 1.48. The van der Waals surface area contributed by atoms with Gasteiger partial charge in [0, 0.05) is 11.6 Å². The number of halogens is 2. The van der Waals surface area contributed by atoms with E-state index in [1.807, 2.05) is 13.8 Å². The minimum atomic E-state index is -0.505. The fraction of sp³-hybridized carbons (Fsp3) is 0.333. The molecule has 1 aromatic heterocycles. The Morgan fingerprint density at radius 3 is 2.83 bits per heavy atom. The third-order valence-corrected chi connectivity index (χ3v) is 2.60. The molecule has 2 aromatic rings. The summed E-state index contributed by atoms with van der Waals surface area (Å²) in [5, 5.41) is 11.0. The summed E-state index contributed by atoms with van der Waals surface area (Å²) in [7, 11) is 0. The van der Waals surface area contributed by atoms with Gasteiger partial charge >= 0.3 is 0 Å². The Labute approximate surface area is 109 Å². The van der Waals surface area contributed by atoms with Crippen molar-refractivity contribution in [2.24, 2.45) is 0 Å². The maximum Gasteiger partial charge on any atom is 0.247 e. The molecular weight excluding hydrogens is 257 g/mol. The van der Waals surface area contributed by atoms with Crippen LogP contribution < -0.4 is 5.32 Å². The Morgan fingerprint density at radius 2 is 2.17 bits per heavy atom. The molecule has 0 fully saturated rings. The first kappa shape index (κ1) is 13.0. The lowest BCUT2D eigenvalue weighted by atomic mass is 10.2. The second-order valence-corrected chi connectivity index (χ2v) is 4.57. The van der Waals surface area contributed by atoms with Crippen LogP contribution in [0.5, 0.6) is 0 Å². The van der Waals surface area contributed by atoms with Gasteiger partial charge in [-0.1, -0.05) is 25.4 Å². The number of hydrogen-bond acceptors (Lipinski definition) is 4. The van der Waals surface area contributed by atoms with Crippen molar-refractivity contribution >= 4 is 11.6 Å². The number of rotatable bonds is 4. The minimum absolute atomic E-state index is 0.0694. The van der Waals surface area contributed by atoms with Crippen molar-refractivity contribution in [3.8, 4) is 11.5 Å². The van der Waals surface area contributed by atoms with E-state index in [0.29, 0.717) is 24.0 Å². The second kappa shape index (κ2) is 5.46. The van der Waals surface area contributed by atoms with E-state index in [1.165, 1.54) is 12.1 Å². The van der Waals surface area contributed by atoms with E-state index in [1.54, 1.807) is 6.07 Å². The van der Waals surface area contributed by atoms with Crippen molar-refractivity contribution in [2.75, 3.05) is 0 Å². The number of aromatic nitrogens is 2. The molecule has 0 radical (unpaired) electrons. The van der Waals surface area contributed by atoms with Crippen molar-refractivity contribution in [3.63, 3.8) is 0 Å². The summed E-state index contributed by atoms with van der Waals surface area (Å²) in [6, 6.07) is 4.70. The molecule has 18 heavy (non-hydrogen) atoms. The molecule has 0 atom stereocenters. The predicted molar refractivity (Wildman–Crippen MR) is 66.7 cm³/mol. The Bertz CT molecular complexity index is 542. The Kier molecular flexibility index (Phi) is 3.93. The zero-order valence-corrected chi connectivity index (χ0v) is 10.8. The summed E-state index contributed by atoms with van der Waals surface area (Å²) >= 11 is 5.61. The van der Waals surface area contributed by atoms with Gasteiger partial charge in [0.25, 0.3) is 0 Å². The van der Waals surface area contributed by atoms with Crippen LogP contribution in [0.4, 0.5) is 4.39 Å². The number of nitrogens with one attached hydrogen (secondary N) is 1. The van der Waals surface area contributed by atoms with Crippen LogP contribution in [0.3, 0.4) is 0 Å². The largest absolute Gasteiger partial charge is 0.419 e. The molecule has 1 N–H and O–H groups in total. The van der Waals surface area contributed by atoms with Gasteiger partial charge in [0.05, 0.1) is 11.6 Å². The van der Waals surface area contributed by atoms with E-state index in [0.717, 1.165) is 0 Å². The standard InChI is InChI=1S/C12H13ClFN3O/c1-7(2)15-6-11-16-17-12(18-11)8-3-4-9(13)10(14)5-8/h3-5,7,15H,6H2,1-2H3. The molecule has 0 aliphatic heterocycles. The zero-order valence-electron chi connectivity index (χ0n) is 10.1. The monoisotopic (exact) mass is 269 g/mol. The van der Waals surface area contributed by atoms with Crippen LogP contribution in [0.1, 0.15) is 19.7 Å². The molecule has 0 aliphatic rings. The summed E-state index contributed by atoms with van der Waals surface area (Å²) in [5.74, 6) is 0.245. The normalized spacial score (nSPS) is 11.2.